The van der Waals surface area contributed by atoms with E-state index in [1.807, 2.05) is 0 Å². The van der Waals surface area contributed by atoms with Gasteiger partial charge in [0.2, 0.25) is 5.96 Å². The molecule has 0 bridgehead atoms. The van der Waals surface area contributed by atoms with Crippen LogP contribution in [0.1, 0.15) is 99.3 Å². The van der Waals surface area contributed by atoms with Gasteiger partial charge in [0.25, 0.3) is 0 Å². The highest BCUT2D eigenvalue weighted by molar-refractivity contribution is 6.01. The Morgan fingerprint density at radius 3 is 2.09 bits per heavy atom. The van der Waals surface area contributed by atoms with E-state index >= 15 is 0 Å². The monoisotopic (exact) mass is 453 g/mol. The van der Waals surface area contributed by atoms with Gasteiger partial charge >= 0.3 is 12.2 Å². The number of guanidine groups is 1. The van der Waals surface area contributed by atoms with Crippen LogP contribution in [-0.4, -0.2) is 53.6 Å². The van der Waals surface area contributed by atoms with Crippen LogP contribution < -0.4 is 5.32 Å². The summed E-state index contributed by atoms with van der Waals surface area (Å²) in [4.78, 5) is 42.2. The summed E-state index contributed by atoms with van der Waals surface area (Å²) in [5, 5.41) is 2.68. The largest absolute Gasteiger partial charge is 0.444 e. The van der Waals surface area contributed by atoms with E-state index < -0.39 is 23.4 Å². The fraction of sp³-hybridized carbons (Fsp3) is 0.833. The van der Waals surface area contributed by atoms with Crippen molar-refractivity contribution in [2.45, 2.75) is 111 Å². The summed E-state index contributed by atoms with van der Waals surface area (Å²) in [6, 6.07) is 0. The molecule has 1 aliphatic rings. The standard InChI is InChI=1S/C24H43N3O5/c1-23(2,3)31-21(29)26-20(25-18-19-14-10-7-8-11-15-19)27(16-12-9-13-17-28)22(30)32-24(4,5)6/h17,19H,7-16,18H2,1-6H3,(H,25,26,29). The van der Waals surface area contributed by atoms with Gasteiger partial charge in [0.1, 0.15) is 17.5 Å². The van der Waals surface area contributed by atoms with Crippen molar-refractivity contribution in [3.05, 3.63) is 0 Å². The molecule has 1 rings (SSSR count). The van der Waals surface area contributed by atoms with Crippen molar-refractivity contribution in [2.24, 2.45) is 10.9 Å². The highest BCUT2D eigenvalue weighted by Crippen LogP contribution is 2.23. The topological polar surface area (TPSA) is 97.3 Å². The van der Waals surface area contributed by atoms with Gasteiger partial charge in [-0.05, 0) is 73.1 Å². The van der Waals surface area contributed by atoms with Gasteiger partial charge < -0.3 is 14.3 Å². The summed E-state index contributed by atoms with van der Waals surface area (Å²) < 4.78 is 11.0. The minimum atomic E-state index is -0.698. The highest BCUT2D eigenvalue weighted by atomic mass is 16.6. The van der Waals surface area contributed by atoms with E-state index in [2.05, 4.69) is 10.3 Å². The summed E-state index contributed by atoms with van der Waals surface area (Å²) in [5.74, 6) is 0.562. The number of aliphatic imine (C=N–C) groups is 1. The third-order valence-corrected chi connectivity index (χ3v) is 4.91. The number of aldehydes is 1. The van der Waals surface area contributed by atoms with Crippen LogP contribution in [0.2, 0.25) is 0 Å². The van der Waals surface area contributed by atoms with Crippen LogP contribution in [0.15, 0.2) is 4.99 Å². The molecule has 184 valence electrons. The fourth-order valence-corrected chi connectivity index (χ4v) is 3.45. The predicted molar refractivity (Wildman–Crippen MR) is 126 cm³/mol. The van der Waals surface area contributed by atoms with Crippen molar-refractivity contribution in [1.29, 1.82) is 0 Å². The normalized spacial score (nSPS) is 16.1. The predicted octanol–water partition coefficient (Wildman–Crippen LogP) is 5.44. The molecule has 8 nitrogen and oxygen atoms in total. The second kappa shape index (κ2) is 13.4. The van der Waals surface area contributed by atoms with E-state index in [4.69, 9.17) is 9.47 Å². The SMILES string of the molecule is CC(C)(C)OC(=O)NC(=NCC1CCCCCC1)N(CCCCC=O)C(=O)OC(C)(C)C. The van der Waals surface area contributed by atoms with E-state index in [1.165, 1.54) is 30.6 Å². The van der Waals surface area contributed by atoms with Crippen LogP contribution in [0.5, 0.6) is 0 Å². The molecule has 32 heavy (non-hydrogen) atoms. The average molecular weight is 454 g/mol. The highest BCUT2D eigenvalue weighted by Gasteiger charge is 2.28. The van der Waals surface area contributed by atoms with Crippen LogP contribution in [-0.2, 0) is 14.3 Å². The van der Waals surface area contributed by atoms with Gasteiger partial charge in [0.05, 0.1) is 0 Å². The van der Waals surface area contributed by atoms with Crippen molar-refractivity contribution in [3.8, 4) is 0 Å². The molecule has 1 fully saturated rings. The number of unbranched alkanes of at least 4 members (excludes halogenated alkanes) is 2. The third kappa shape index (κ3) is 12.7. The molecule has 1 N–H and O–H groups in total. The lowest BCUT2D eigenvalue weighted by Gasteiger charge is -2.29. The molecule has 2 amide bonds. The number of hydrogen-bond acceptors (Lipinski definition) is 6. The lowest BCUT2D eigenvalue weighted by atomic mass is 10.0. The minimum Gasteiger partial charge on any atom is -0.444 e. The van der Waals surface area contributed by atoms with Crippen LogP contribution >= 0.6 is 0 Å². The Balaban J connectivity index is 3.10. The smallest absolute Gasteiger partial charge is 0.417 e. The molecule has 1 saturated carbocycles. The Morgan fingerprint density at radius 1 is 0.969 bits per heavy atom. The van der Waals surface area contributed by atoms with Crippen molar-refractivity contribution < 1.29 is 23.9 Å². The van der Waals surface area contributed by atoms with Crippen molar-refractivity contribution in [1.82, 2.24) is 10.2 Å². The number of carbonyl (C=O) groups excluding carboxylic acids is 3. The van der Waals surface area contributed by atoms with Crippen molar-refractivity contribution in [3.63, 3.8) is 0 Å². The molecule has 0 radical (unpaired) electrons. The Morgan fingerprint density at radius 2 is 1.56 bits per heavy atom. The van der Waals surface area contributed by atoms with E-state index in [9.17, 15) is 14.4 Å². The molecule has 1 aliphatic carbocycles. The molecule has 0 aliphatic heterocycles. The first-order valence-corrected chi connectivity index (χ1v) is 11.9. The molecule has 0 unspecified atom stereocenters. The van der Waals surface area contributed by atoms with Crippen molar-refractivity contribution >= 4 is 24.4 Å². The quantitative estimate of drug-likeness (QED) is 0.182. The number of amides is 2. The zero-order chi connectivity index (χ0) is 24.2. The zero-order valence-corrected chi connectivity index (χ0v) is 20.9. The molecule has 0 aromatic carbocycles. The van der Waals surface area contributed by atoms with Crippen molar-refractivity contribution in [2.75, 3.05) is 13.1 Å². The van der Waals surface area contributed by atoms with E-state index in [-0.39, 0.29) is 12.5 Å². The maximum Gasteiger partial charge on any atom is 0.417 e. The number of carbonyl (C=O) groups is 3. The average Bonchev–Trinajstić information content (AvgIpc) is 2.91. The van der Waals surface area contributed by atoms with E-state index in [0.717, 1.165) is 19.1 Å². The molecule has 0 heterocycles. The Labute approximate surface area is 193 Å². The van der Waals surface area contributed by atoms with Crippen LogP contribution in [0, 0.1) is 5.92 Å². The Hall–Kier alpha value is -2.12. The number of nitrogens with zero attached hydrogens (tertiary/aromatic N) is 2. The second-order valence-corrected chi connectivity index (χ2v) is 10.4. The summed E-state index contributed by atoms with van der Waals surface area (Å²) >= 11 is 0. The first kappa shape index (κ1) is 27.9. The number of nitrogens with one attached hydrogen (secondary N) is 1. The van der Waals surface area contributed by atoms with E-state index in [0.29, 0.717) is 31.7 Å². The fourth-order valence-electron chi connectivity index (χ4n) is 3.45. The molecule has 0 saturated heterocycles. The third-order valence-electron chi connectivity index (χ3n) is 4.91. The maximum atomic E-state index is 13.0. The molecule has 8 heteroatoms. The number of rotatable bonds is 7. The van der Waals surface area contributed by atoms with E-state index in [1.54, 1.807) is 41.5 Å². The summed E-state index contributed by atoms with van der Waals surface area (Å²) in [5.41, 5.74) is -1.38. The van der Waals surface area contributed by atoms with Gasteiger partial charge in [-0.2, -0.15) is 0 Å². The van der Waals surface area contributed by atoms with Gasteiger partial charge in [0.15, 0.2) is 0 Å². The summed E-state index contributed by atoms with van der Waals surface area (Å²) in [6.07, 6.45) is 8.25. The molecular weight excluding hydrogens is 410 g/mol. The van der Waals surface area contributed by atoms with Gasteiger partial charge in [-0.1, -0.05) is 25.7 Å². The van der Waals surface area contributed by atoms with Crippen LogP contribution in [0.3, 0.4) is 0 Å². The zero-order valence-electron chi connectivity index (χ0n) is 20.9. The Bertz CT molecular complexity index is 627. The number of ether oxygens (including phenoxy) is 2. The lowest BCUT2D eigenvalue weighted by Crippen LogP contribution is -2.50. The molecule has 0 spiro atoms. The van der Waals surface area contributed by atoms with Gasteiger partial charge in [-0.15, -0.1) is 0 Å². The first-order chi connectivity index (χ1) is 14.9. The lowest BCUT2D eigenvalue weighted by molar-refractivity contribution is -0.107. The Kier molecular flexibility index (Phi) is 11.7. The summed E-state index contributed by atoms with van der Waals surface area (Å²) in [7, 11) is 0. The van der Waals surface area contributed by atoms with Gasteiger partial charge in [-0.3, -0.25) is 10.3 Å². The molecular formula is C24H43N3O5. The maximum absolute atomic E-state index is 13.0. The van der Waals surface area contributed by atoms with Gasteiger partial charge in [0, 0.05) is 19.5 Å². The molecule has 0 aromatic heterocycles. The molecule has 0 atom stereocenters. The number of alkyl carbamates (subject to hydrolysis) is 1. The molecule has 0 aromatic rings. The van der Waals surface area contributed by atoms with Crippen LogP contribution in [0.25, 0.3) is 0 Å². The second-order valence-electron chi connectivity index (χ2n) is 10.4. The van der Waals surface area contributed by atoms with Gasteiger partial charge in [-0.25, -0.2) is 14.5 Å². The minimum absolute atomic E-state index is 0.142. The summed E-state index contributed by atoms with van der Waals surface area (Å²) in [6.45, 7) is 11.5. The first-order valence-electron chi connectivity index (χ1n) is 11.9. The number of hydrogen-bond donors (Lipinski definition) is 1. The van der Waals surface area contributed by atoms with Crippen LogP contribution in [0.4, 0.5) is 9.59 Å².